The van der Waals surface area contributed by atoms with Crippen LogP contribution in [0.5, 0.6) is 23.0 Å². The second-order valence-electron chi connectivity index (χ2n) is 3.92. The Morgan fingerprint density at radius 1 is 0.800 bits per heavy atom. The Bertz CT molecular complexity index is 577. The highest BCUT2D eigenvalue weighted by molar-refractivity contribution is 6.06. The van der Waals surface area contributed by atoms with Crippen LogP contribution in [0, 0.1) is 0 Å². The summed E-state index contributed by atoms with van der Waals surface area (Å²) in [6.07, 6.45) is -0.110. The van der Waals surface area contributed by atoms with Crippen molar-refractivity contribution in [1.29, 1.82) is 0 Å². The van der Waals surface area contributed by atoms with E-state index in [2.05, 4.69) is 4.74 Å². The Hall–Kier alpha value is -2.44. The number of hydrogen-bond donors (Lipinski definition) is 0. The molecule has 0 fully saturated rings. The number of carbonyl (C=O) groups excluding carboxylic acids is 2. The van der Waals surface area contributed by atoms with E-state index in [0.717, 1.165) is 0 Å². The highest BCUT2D eigenvalue weighted by Gasteiger charge is 2.36. The van der Waals surface area contributed by atoms with Crippen molar-refractivity contribution in [1.82, 2.24) is 0 Å². The van der Waals surface area contributed by atoms with Gasteiger partial charge < -0.3 is 23.7 Å². The molecule has 1 aromatic rings. The van der Waals surface area contributed by atoms with Gasteiger partial charge in [0.05, 0.1) is 34.9 Å². The summed E-state index contributed by atoms with van der Waals surface area (Å²) in [5.74, 6) is -0.588. The molecule has 1 aliphatic heterocycles. The Labute approximate surface area is 115 Å². The van der Waals surface area contributed by atoms with Crippen LogP contribution < -0.4 is 18.9 Å². The van der Waals surface area contributed by atoms with E-state index in [9.17, 15) is 9.59 Å². The number of fused-ring (bicyclic) bond motifs is 1. The molecule has 1 heterocycles. The summed E-state index contributed by atoms with van der Waals surface area (Å²) in [6.45, 7) is 0. The highest BCUT2D eigenvalue weighted by atomic mass is 16.6. The fraction of sp³-hybridized carbons (Fsp3) is 0.385. The van der Waals surface area contributed by atoms with Gasteiger partial charge in [-0.05, 0) is 0 Å². The lowest BCUT2D eigenvalue weighted by Gasteiger charge is -2.23. The van der Waals surface area contributed by atoms with E-state index < -0.39 is 11.9 Å². The molecule has 20 heavy (non-hydrogen) atoms. The Morgan fingerprint density at radius 2 is 1.30 bits per heavy atom. The van der Waals surface area contributed by atoms with Gasteiger partial charge in [0.1, 0.15) is 5.56 Å². The van der Waals surface area contributed by atoms with Crippen LogP contribution in [-0.4, -0.2) is 40.4 Å². The van der Waals surface area contributed by atoms with E-state index in [1.807, 2.05) is 0 Å². The average Bonchev–Trinajstić information content (AvgIpc) is 2.44. The van der Waals surface area contributed by atoms with Crippen molar-refractivity contribution >= 4 is 11.9 Å². The summed E-state index contributed by atoms with van der Waals surface area (Å²) in [5.41, 5.74) is 0.477. The lowest BCUT2D eigenvalue weighted by molar-refractivity contribution is -0.137. The molecule has 0 amide bonds. The van der Waals surface area contributed by atoms with E-state index in [0.29, 0.717) is 5.56 Å². The minimum Gasteiger partial charge on any atom is -0.492 e. The molecular formula is C13H14O7. The van der Waals surface area contributed by atoms with Gasteiger partial charge in [-0.3, -0.25) is 4.79 Å². The van der Waals surface area contributed by atoms with Crippen LogP contribution in [0.15, 0.2) is 0 Å². The van der Waals surface area contributed by atoms with Gasteiger partial charge in [0.15, 0.2) is 11.5 Å². The largest absolute Gasteiger partial charge is 0.492 e. The van der Waals surface area contributed by atoms with E-state index >= 15 is 0 Å². The molecule has 0 saturated carbocycles. The summed E-state index contributed by atoms with van der Waals surface area (Å²) in [6, 6.07) is 0. The topological polar surface area (TPSA) is 80.3 Å². The number of esters is 2. The van der Waals surface area contributed by atoms with Crippen molar-refractivity contribution in [2.24, 2.45) is 0 Å². The fourth-order valence-corrected chi connectivity index (χ4v) is 2.21. The maximum atomic E-state index is 11.9. The van der Waals surface area contributed by atoms with Crippen molar-refractivity contribution in [2.75, 3.05) is 28.4 Å². The molecule has 108 valence electrons. The molecule has 0 radical (unpaired) electrons. The summed E-state index contributed by atoms with van der Waals surface area (Å²) < 4.78 is 25.5. The van der Waals surface area contributed by atoms with Crippen LogP contribution in [0.3, 0.4) is 0 Å². The van der Waals surface area contributed by atoms with Gasteiger partial charge in [0, 0.05) is 5.56 Å². The second-order valence-corrected chi connectivity index (χ2v) is 3.92. The predicted octanol–water partition coefficient (Wildman–Crippen LogP) is 0.960. The predicted molar refractivity (Wildman–Crippen MR) is 66.8 cm³/mol. The summed E-state index contributed by atoms with van der Waals surface area (Å²) in [4.78, 5) is 23.4. The minimum atomic E-state index is -0.799. The third-order valence-corrected chi connectivity index (χ3v) is 2.97. The zero-order valence-electron chi connectivity index (χ0n) is 11.6. The van der Waals surface area contributed by atoms with Gasteiger partial charge >= 0.3 is 11.9 Å². The first-order chi connectivity index (χ1) is 9.58. The van der Waals surface area contributed by atoms with Crippen LogP contribution in [0.2, 0.25) is 0 Å². The average molecular weight is 282 g/mol. The third-order valence-electron chi connectivity index (χ3n) is 2.97. The molecule has 0 aromatic heterocycles. The summed E-state index contributed by atoms with van der Waals surface area (Å²) in [7, 11) is 5.63. The smallest absolute Gasteiger partial charge is 0.350 e. The van der Waals surface area contributed by atoms with Crippen LogP contribution in [-0.2, 0) is 16.0 Å². The molecule has 1 aromatic carbocycles. The van der Waals surface area contributed by atoms with E-state index in [-0.39, 0.29) is 35.0 Å². The number of ether oxygens (including phenoxy) is 5. The molecule has 0 saturated heterocycles. The molecule has 7 heteroatoms. The Balaban J connectivity index is 2.86. The highest BCUT2D eigenvalue weighted by Crippen LogP contribution is 2.50. The minimum absolute atomic E-state index is 0.110. The maximum Gasteiger partial charge on any atom is 0.350 e. The van der Waals surface area contributed by atoms with Crippen LogP contribution in [0.1, 0.15) is 15.9 Å². The standard InChI is InChI=1S/C13H14O7/c1-16-9-6-5-7(14)20-13(15)8(6)10(17-2)12(19-4)11(9)18-3/h5H2,1-4H3. The monoisotopic (exact) mass is 282 g/mol. The van der Waals surface area contributed by atoms with Crippen molar-refractivity contribution < 1.29 is 33.3 Å². The van der Waals surface area contributed by atoms with Crippen LogP contribution in [0.25, 0.3) is 0 Å². The Kier molecular flexibility index (Phi) is 3.69. The molecule has 0 bridgehead atoms. The zero-order valence-corrected chi connectivity index (χ0v) is 11.6. The first-order valence-electron chi connectivity index (χ1n) is 5.72. The summed E-state index contributed by atoms with van der Waals surface area (Å²) in [5, 5.41) is 0. The summed E-state index contributed by atoms with van der Waals surface area (Å²) >= 11 is 0. The van der Waals surface area contributed by atoms with Crippen molar-refractivity contribution in [3.05, 3.63) is 11.1 Å². The number of cyclic esters (lactones) is 2. The number of methoxy groups -OCH3 is 4. The molecular weight excluding hydrogens is 268 g/mol. The molecule has 2 rings (SSSR count). The molecule has 7 nitrogen and oxygen atoms in total. The first kappa shape index (κ1) is 14.0. The lowest BCUT2D eigenvalue weighted by Crippen LogP contribution is -2.24. The molecule has 0 N–H and O–H groups in total. The van der Waals surface area contributed by atoms with E-state index in [1.165, 1.54) is 28.4 Å². The zero-order chi connectivity index (χ0) is 14.9. The molecule has 0 unspecified atom stereocenters. The number of carbonyl (C=O) groups is 2. The fourth-order valence-electron chi connectivity index (χ4n) is 2.21. The van der Waals surface area contributed by atoms with E-state index in [4.69, 9.17) is 18.9 Å². The number of benzene rings is 1. The van der Waals surface area contributed by atoms with Gasteiger partial charge in [-0.1, -0.05) is 0 Å². The van der Waals surface area contributed by atoms with Gasteiger partial charge in [-0.25, -0.2) is 4.79 Å². The quantitative estimate of drug-likeness (QED) is 0.601. The number of hydrogen-bond acceptors (Lipinski definition) is 7. The third kappa shape index (κ3) is 1.91. The number of rotatable bonds is 4. The molecule has 0 spiro atoms. The maximum absolute atomic E-state index is 11.9. The first-order valence-corrected chi connectivity index (χ1v) is 5.72. The van der Waals surface area contributed by atoms with E-state index in [1.54, 1.807) is 0 Å². The molecule has 0 aliphatic carbocycles. The van der Waals surface area contributed by atoms with Gasteiger partial charge in [-0.2, -0.15) is 0 Å². The second kappa shape index (κ2) is 5.28. The van der Waals surface area contributed by atoms with Gasteiger partial charge in [0.25, 0.3) is 0 Å². The Morgan fingerprint density at radius 3 is 1.80 bits per heavy atom. The van der Waals surface area contributed by atoms with Crippen LogP contribution >= 0.6 is 0 Å². The van der Waals surface area contributed by atoms with Gasteiger partial charge in [-0.15, -0.1) is 0 Å². The molecule has 1 aliphatic rings. The van der Waals surface area contributed by atoms with Crippen LogP contribution in [0.4, 0.5) is 0 Å². The van der Waals surface area contributed by atoms with Gasteiger partial charge in [0.2, 0.25) is 11.5 Å². The normalized spacial score (nSPS) is 13.4. The lowest BCUT2D eigenvalue weighted by atomic mass is 9.98. The SMILES string of the molecule is COc1c2c(c(OC)c(OC)c1OC)C(=O)OC(=O)C2. The van der Waals surface area contributed by atoms with Crippen molar-refractivity contribution in [2.45, 2.75) is 6.42 Å². The van der Waals surface area contributed by atoms with Crippen molar-refractivity contribution in [3.8, 4) is 23.0 Å². The molecule has 0 atom stereocenters. The van der Waals surface area contributed by atoms with Crippen molar-refractivity contribution in [3.63, 3.8) is 0 Å².